The Bertz CT molecular complexity index is 645. The summed E-state index contributed by atoms with van der Waals surface area (Å²) in [5, 5.41) is 7.55. The highest BCUT2D eigenvalue weighted by molar-refractivity contribution is 7.89. The summed E-state index contributed by atoms with van der Waals surface area (Å²) in [6.07, 6.45) is 2.70. The highest BCUT2D eigenvalue weighted by Crippen LogP contribution is 2.14. The van der Waals surface area contributed by atoms with Gasteiger partial charge in [-0.3, -0.25) is 4.79 Å². The van der Waals surface area contributed by atoms with Gasteiger partial charge < -0.3 is 9.73 Å². The molecule has 2 aromatic rings. The molecule has 6 nitrogen and oxygen atoms in total. The quantitative estimate of drug-likeness (QED) is 0.870. The zero-order chi connectivity index (χ0) is 13.2. The highest BCUT2D eigenvalue weighted by atomic mass is 32.2. The van der Waals surface area contributed by atoms with Gasteiger partial charge in [-0.15, -0.1) is 0 Å². The van der Waals surface area contributed by atoms with Crippen LogP contribution in [0.1, 0.15) is 10.4 Å². The molecule has 0 spiro atoms. The summed E-state index contributed by atoms with van der Waals surface area (Å²) in [7, 11) is -3.72. The third-order valence-electron chi connectivity index (χ3n) is 2.22. The molecule has 0 bridgehead atoms. The van der Waals surface area contributed by atoms with Gasteiger partial charge in [0.2, 0.25) is 10.0 Å². The second-order valence-corrected chi connectivity index (χ2v) is 5.10. The summed E-state index contributed by atoms with van der Waals surface area (Å²) < 4.78 is 26.8. The fraction of sp³-hybridized carbons (Fsp3) is 0. The molecule has 18 heavy (non-hydrogen) atoms. The minimum atomic E-state index is -3.72. The third kappa shape index (κ3) is 2.76. The molecular formula is C11H10N2O4S. The Balaban J connectivity index is 2.14. The molecular weight excluding hydrogens is 256 g/mol. The van der Waals surface area contributed by atoms with Crippen LogP contribution >= 0.6 is 0 Å². The molecule has 1 aromatic carbocycles. The van der Waals surface area contributed by atoms with Gasteiger partial charge in [0, 0.05) is 5.69 Å². The van der Waals surface area contributed by atoms with Crippen LogP contribution < -0.4 is 10.5 Å². The number of hydrogen-bond acceptors (Lipinski definition) is 4. The van der Waals surface area contributed by atoms with E-state index in [-0.39, 0.29) is 10.8 Å². The number of hydrogen-bond donors (Lipinski definition) is 2. The first-order valence-corrected chi connectivity index (χ1v) is 6.48. The molecule has 1 amide bonds. The molecule has 0 radical (unpaired) electrons. The molecule has 0 atom stereocenters. The van der Waals surface area contributed by atoms with Gasteiger partial charge in [-0.25, -0.2) is 13.6 Å². The van der Waals surface area contributed by atoms with Gasteiger partial charge in [0.25, 0.3) is 5.91 Å². The van der Waals surface area contributed by atoms with Gasteiger partial charge in [-0.2, -0.15) is 0 Å². The van der Waals surface area contributed by atoms with Crippen molar-refractivity contribution in [3.05, 3.63) is 48.4 Å². The van der Waals surface area contributed by atoms with Crippen molar-refractivity contribution in [1.29, 1.82) is 0 Å². The summed E-state index contributed by atoms with van der Waals surface area (Å²) in [6, 6.07) is 7.07. The Kier molecular flexibility index (Phi) is 3.17. The number of furan rings is 1. The summed E-state index contributed by atoms with van der Waals surface area (Å²) >= 11 is 0. The van der Waals surface area contributed by atoms with Crippen LogP contribution in [0.25, 0.3) is 0 Å². The molecule has 1 aromatic heterocycles. The normalized spacial score (nSPS) is 11.2. The Morgan fingerprint density at radius 2 is 1.83 bits per heavy atom. The standard InChI is InChI=1S/C11H10N2O4S/c12-18(15,16)10-3-1-9(2-4-10)13-11(14)8-5-6-17-7-8/h1-7H,(H,13,14)(H2,12,15,16). The molecule has 0 saturated carbocycles. The van der Waals surface area contributed by atoms with E-state index in [4.69, 9.17) is 9.56 Å². The average molecular weight is 266 g/mol. The number of rotatable bonds is 3. The lowest BCUT2D eigenvalue weighted by molar-refractivity contribution is 0.102. The van der Waals surface area contributed by atoms with Gasteiger partial charge in [0.05, 0.1) is 16.7 Å². The molecule has 0 fully saturated rings. The number of carbonyl (C=O) groups is 1. The van der Waals surface area contributed by atoms with Crippen LogP contribution in [0.2, 0.25) is 0 Å². The first-order chi connectivity index (χ1) is 8.47. The number of carbonyl (C=O) groups excluding carboxylic acids is 1. The van der Waals surface area contributed by atoms with Crippen LogP contribution in [0.5, 0.6) is 0 Å². The maximum absolute atomic E-state index is 11.6. The molecule has 0 aliphatic heterocycles. The molecule has 0 aliphatic carbocycles. The van der Waals surface area contributed by atoms with E-state index < -0.39 is 10.0 Å². The highest BCUT2D eigenvalue weighted by Gasteiger charge is 2.09. The molecule has 1 heterocycles. The maximum Gasteiger partial charge on any atom is 0.258 e. The Morgan fingerprint density at radius 3 is 2.33 bits per heavy atom. The van der Waals surface area contributed by atoms with Crippen LogP contribution in [0, 0.1) is 0 Å². The largest absolute Gasteiger partial charge is 0.472 e. The maximum atomic E-state index is 11.6. The predicted molar refractivity (Wildman–Crippen MR) is 64.5 cm³/mol. The fourth-order valence-electron chi connectivity index (χ4n) is 1.32. The Morgan fingerprint density at radius 1 is 1.17 bits per heavy atom. The van der Waals surface area contributed by atoms with Crippen molar-refractivity contribution in [1.82, 2.24) is 0 Å². The fourth-order valence-corrected chi connectivity index (χ4v) is 1.84. The molecule has 0 saturated heterocycles. The van der Waals surface area contributed by atoms with Crippen LogP contribution in [-0.2, 0) is 10.0 Å². The van der Waals surface area contributed by atoms with Gasteiger partial charge in [-0.1, -0.05) is 0 Å². The minimum Gasteiger partial charge on any atom is -0.472 e. The zero-order valence-electron chi connectivity index (χ0n) is 9.16. The van der Waals surface area contributed by atoms with Crippen molar-refractivity contribution in [2.24, 2.45) is 5.14 Å². The Hall–Kier alpha value is -2.12. The molecule has 0 aliphatic rings. The monoisotopic (exact) mass is 266 g/mol. The summed E-state index contributed by atoms with van der Waals surface area (Å²) in [5.41, 5.74) is 0.846. The van der Waals surface area contributed by atoms with E-state index in [9.17, 15) is 13.2 Å². The molecule has 2 rings (SSSR count). The number of sulfonamides is 1. The van der Waals surface area contributed by atoms with E-state index in [0.717, 1.165) is 0 Å². The number of benzene rings is 1. The zero-order valence-corrected chi connectivity index (χ0v) is 9.98. The summed E-state index contributed by atoms with van der Waals surface area (Å²) in [5.74, 6) is -0.341. The van der Waals surface area contributed by atoms with Crippen molar-refractivity contribution in [3.63, 3.8) is 0 Å². The van der Waals surface area contributed by atoms with Gasteiger partial charge in [-0.05, 0) is 30.3 Å². The lowest BCUT2D eigenvalue weighted by Gasteiger charge is -2.04. The second kappa shape index (κ2) is 4.63. The smallest absolute Gasteiger partial charge is 0.258 e. The van der Waals surface area contributed by atoms with Crippen LogP contribution in [-0.4, -0.2) is 14.3 Å². The van der Waals surface area contributed by atoms with Crippen LogP contribution in [0.15, 0.2) is 52.2 Å². The van der Waals surface area contributed by atoms with E-state index in [2.05, 4.69) is 5.32 Å². The third-order valence-corrected chi connectivity index (χ3v) is 3.15. The predicted octanol–water partition coefficient (Wildman–Crippen LogP) is 1.18. The van der Waals surface area contributed by atoms with Gasteiger partial charge >= 0.3 is 0 Å². The van der Waals surface area contributed by atoms with Crippen LogP contribution in [0.4, 0.5) is 5.69 Å². The number of nitrogens with one attached hydrogen (secondary N) is 1. The first kappa shape index (κ1) is 12.3. The minimum absolute atomic E-state index is 0.0104. The number of nitrogens with two attached hydrogens (primary N) is 1. The summed E-state index contributed by atoms with van der Waals surface area (Å²) in [4.78, 5) is 11.6. The average Bonchev–Trinajstić information content (AvgIpc) is 2.82. The van der Waals surface area contributed by atoms with E-state index in [1.54, 1.807) is 0 Å². The lowest BCUT2D eigenvalue weighted by Crippen LogP contribution is -2.13. The topological polar surface area (TPSA) is 102 Å². The number of primary sulfonamides is 1. The Labute approximate surface area is 103 Å². The lowest BCUT2D eigenvalue weighted by atomic mass is 10.3. The van der Waals surface area contributed by atoms with Gasteiger partial charge in [0.1, 0.15) is 6.26 Å². The summed E-state index contributed by atoms with van der Waals surface area (Å²) in [6.45, 7) is 0. The number of amides is 1. The van der Waals surface area contributed by atoms with E-state index in [1.807, 2.05) is 0 Å². The van der Waals surface area contributed by atoms with Crippen molar-refractivity contribution in [3.8, 4) is 0 Å². The van der Waals surface area contributed by atoms with Gasteiger partial charge in [0.15, 0.2) is 0 Å². The van der Waals surface area contributed by atoms with E-state index >= 15 is 0 Å². The van der Waals surface area contributed by atoms with E-state index in [1.165, 1.54) is 42.9 Å². The van der Waals surface area contributed by atoms with Crippen molar-refractivity contribution < 1.29 is 17.6 Å². The van der Waals surface area contributed by atoms with Crippen molar-refractivity contribution in [2.75, 3.05) is 5.32 Å². The molecule has 0 unspecified atom stereocenters. The second-order valence-electron chi connectivity index (χ2n) is 3.54. The van der Waals surface area contributed by atoms with Crippen LogP contribution in [0.3, 0.4) is 0 Å². The molecule has 94 valence electrons. The molecule has 3 N–H and O–H groups in total. The SMILES string of the molecule is NS(=O)(=O)c1ccc(NC(=O)c2ccoc2)cc1. The van der Waals surface area contributed by atoms with Crippen molar-refractivity contribution in [2.45, 2.75) is 4.90 Å². The van der Waals surface area contributed by atoms with E-state index in [0.29, 0.717) is 11.3 Å². The number of anilines is 1. The van der Waals surface area contributed by atoms with Crippen molar-refractivity contribution >= 4 is 21.6 Å². The first-order valence-electron chi connectivity index (χ1n) is 4.93. The molecule has 7 heteroatoms.